The maximum absolute atomic E-state index is 12.9. The molecule has 0 bridgehead atoms. The first-order valence-electron chi connectivity index (χ1n) is 8.62. The molecule has 0 spiro atoms. The zero-order valence-corrected chi connectivity index (χ0v) is 14.3. The number of piperidine rings is 1. The molecule has 1 aliphatic rings. The van der Waals surface area contributed by atoms with Crippen LogP contribution in [0.25, 0.3) is 0 Å². The quantitative estimate of drug-likeness (QED) is 0.625. The van der Waals surface area contributed by atoms with Crippen molar-refractivity contribution in [2.45, 2.75) is 32.7 Å². The fourth-order valence-electron chi connectivity index (χ4n) is 2.85. The predicted molar refractivity (Wildman–Crippen MR) is 94.1 cm³/mol. The molecular formula is C18H29FN4. The Labute approximate surface area is 139 Å². The van der Waals surface area contributed by atoms with E-state index < -0.39 is 0 Å². The van der Waals surface area contributed by atoms with E-state index in [4.69, 9.17) is 0 Å². The lowest BCUT2D eigenvalue weighted by atomic mass is 9.94. The summed E-state index contributed by atoms with van der Waals surface area (Å²) in [7, 11) is 2.19. The van der Waals surface area contributed by atoms with Crippen LogP contribution in [0.3, 0.4) is 0 Å². The molecule has 0 aromatic heterocycles. The average molecular weight is 320 g/mol. The van der Waals surface area contributed by atoms with Crippen molar-refractivity contribution in [3.8, 4) is 0 Å². The Morgan fingerprint density at radius 3 is 2.57 bits per heavy atom. The molecule has 1 saturated heterocycles. The molecule has 1 aromatic carbocycles. The maximum atomic E-state index is 12.9. The molecule has 0 unspecified atom stereocenters. The van der Waals surface area contributed by atoms with Gasteiger partial charge < -0.3 is 15.5 Å². The third-order valence-electron chi connectivity index (χ3n) is 4.36. The number of likely N-dealkylation sites (tertiary alicyclic amines) is 1. The summed E-state index contributed by atoms with van der Waals surface area (Å²) >= 11 is 0. The first kappa shape index (κ1) is 17.7. The molecule has 1 heterocycles. The van der Waals surface area contributed by atoms with E-state index in [1.807, 2.05) is 0 Å². The second-order valence-corrected chi connectivity index (χ2v) is 6.28. The molecule has 1 fully saturated rings. The number of benzene rings is 1. The van der Waals surface area contributed by atoms with Gasteiger partial charge in [-0.05, 0) is 69.9 Å². The topological polar surface area (TPSA) is 39.7 Å². The van der Waals surface area contributed by atoms with Gasteiger partial charge in [0.15, 0.2) is 5.96 Å². The normalized spacial score (nSPS) is 17.3. The van der Waals surface area contributed by atoms with Crippen molar-refractivity contribution in [3.63, 3.8) is 0 Å². The molecule has 2 rings (SSSR count). The lowest BCUT2D eigenvalue weighted by Crippen LogP contribution is -2.39. The first-order chi connectivity index (χ1) is 11.2. The van der Waals surface area contributed by atoms with Crippen molar-refractivity contribution in [3.05, 3.63) is 35.6 Å². The molecule has 5 heteroatoms. The molecule has 1 aliphatic heterocycles. The third-order valence-corrected chi connectivity index (χ3v) is 4.36. The Morgan fingerprint density at radius 2 is 1.91 bits per heavy atom. The van der Waals surface area contributed by atoms with Gasteiger partial charge in [-0.3, -0.25) is 0 Å². The van der Waals surface area contributed by atoms with E-state index in [1.165, 1.54) is 44.5 Å². The van der Waals surface area contributed by atoms with E-state index in [0.29, 0.717) is 6.54 Å². The van der Waals surface area contributed by atoms with E-state index in [1.54, 1.807) is 12.1 Å². The highest BCUT2D eigenvalue weighted by molar-refractivity contribution is 5.79. The largest absolute Gasteiger partial charge is 0.357 e. The molecule has 128 valence electrons. The van der Waals surface area contributed by atoms with Crippen molar-refractivity contribution >= 4 is 5.96 Å². The zero-order valence-electron chi connectivity index (χ0n) is 14.3. The van der Waals surface area contributed by atoms with Crippen molar-refractivity contribution in [2.24, 2.45) is 10.9 Å². The van der Waals surface area contributed by atoms with Crippen LogP contribution in [0, 0.1) is 11.7 Å². The Morgan fingerprint density at radius 1 is 1.22 bits per heavy atom. The minimum absolute atomic E-state index is 0.208. The van der Waals surface area contributed by atoms with Crippen molar-refractivity contribution < 1.29 is 4.39 Å². The minimum atomic E-state index is -0.208. The number of hydrogen-bond donors (Lipinski definition) is 2. The summed E-state index contributed by atoms with van der Waals surface area (Å²) in [5.41, 5.74) is 1.01. The van der Waals surface area contributed by atoms with Gasteiger partial charge in [0.25, 0.3) is 0 Å². The van der Waals surface area contributed by atoms with Crippen LogP contribution in [0.2, 0.25) is 0 Å². The Balaban J connectivity index is 1.76. The van der Waals surface area contributed by atoms with Gasteiger partial charge in [0, 0.05) is 13.1 Å². The summed E-state index contributed by atoms with van der Waals surface area (Å²) in [6.07, 6.45) is 3.78. The second kappa shape index (κ2) is 9.50. The molecule has 2 N–H and O–H groups in total. The Kier molecular flexibility index (Phi) is 7.33. The minimum Gasteiger partial charge on any atom is -0.357 e. The van der Waals surface area contributed by atoms with Crippen LogP contribution >= 0.6 is 0 Å². The molecule has 0 radical (unpaired) electrons. The van der Waals surface area contributed by atoms with Gasteiger partial charge in [0.1, 0.15) is 5.82 Å². The van der Waals surface area contributed by atoms with Crippen LogP contribution in [0.15, 0.2) is 29.3 Å². The number of aliphatic imine (C=N–C) groups is 1. The van der Waals surface area contributed by atoms with Crippen LogP contribution in [0.1, 0.15) is 31.7 Å². The van der Waals surface area contributed by atoms with Crippen molar-refractivity contribution in [2.75, 3.05) is 33.2 Å². The van der Waals surface area contributed by atoms with E-state index in [2.05, 4.69) is 34.5 Å². The molecule has 1 aromatic rings. The van der Waals surface area contributed by atoms with Crippen LogP contribution in [-0.2, 0) is 6.54 Å². The first-order valence-corrected chi connectivity index (χ1v) is 8.62. The molecule has 0 amide bonds. The van der Waals surface area contributed by atoms with Gasteiger partial charge >= 0.3 is 0 Å². The number of nitrogens with zero attached hydrogens (tertiary/aromatic N) is 2. The Bertz CT molecular complexity index is 478. The molecule has 4 nitrogen and oxygen atoms in total. The summed E-state index contributed by atoms with van der Waals surface area (Å²) in [6, 6.07) is 6.51. The van der Waals surface area contributed by atoms with Crippen molar-refractivity contribution in [1.82, 2.24) is 15.5 Å². The van der Waals surface area contributed by atoms with E-state index in [9.17, 15) is 4.39 Å². The molecule has 23 heavy (non-hydrogen) atoms. The fraction of sp³-hybridized carbons (Fsp3) is 0.611. The van der Waals surface area contributed by atoms with Crippen molar-refractivity contribution in [1.29, 1.82) is 0 Å². The number of hydrogen-bond acceptors (Lipinski definition) is 2. The molecule has 0 atom stereocenters. The highest BCUT2D eigenvalue weighted by Crippen LogP contribution is 2.18. The summed E-state index contributed by atoms with van der Waals surface area (Å²) < 4.78 is 12.9. The standard InChI is InChI=1S/C18H29FN4/c1-3-20-18(22-14-16-4-6-17(19)7-5-16)21-11-8-15-9-12-23(2)13-10-15/h4-7,15H,3,8-14H2,1-2H3,(H2,20,21,22). The Hall–Kier alpha value is -1.62. The van der Waals surface area contributed by atoms with Crippen LogP contribution < -0.4 is 10.6 Å². The number of rotatable bonds is 6. The van der Waals surface area contributed by atoms with Crippen LogP contribution in [0.5, 0.6) is 0 Å². The molecule has 0 aliphatic carbocycles. The predicted octanol–water partition coefficient (Wildman–Crippen LogP) is 2.61. The van der Waals surface area contributed by atoms with Gasteiger partial charge in [-0.2, -0.15) is 0 Å². The summed E-state index contributed by atoms with van der Waals surface area (Å²) in [5, 5.41) is 6.68. The van der Waals surface area contributed by atoms with E-state index in [0.717, 1.165) is 30.5 Å². The van der Waals surface area contributed by atoms with Crippen LogP contribution in [0.4, 0.5) is 4.39 Å². The third kappa shape index (κ3) is 6.57. The highest BCUT2D eigenvalue weighted by atomic mass is 19.1. The fourth-order valence-corrected chi connectivity index (χ4v) is 2.85. The van der Waals surface area contributed by atoms with Gasteiger partial charge in [-0.15, -0.1) is 0 Å². The van der Waals surface area contributed by atoms with E-state index in [-0.39, 0.29) is 5.82 Å². The monoisotopic (exact) mass is 320 g/mol. The summed E-state index contributed by atoms with van der Waals surface area (Å²) in [4.78, 5) is 6.97. The highest BCUT2D eigenvalue weighted by Gasteiger charge is 2.16. The lowest BCUT2D eigenvalue weighted by Gasteiger charge is -2.29. The summed E-state index contributed by atoms with van der Waals surface area (Å²) in [6.45, 7) is 6.83. The molecular weight excluding hydrogens is 291 g/mol. The number of halogens is 1. The average Bonchev–Trinajstić information content (AvgIpc) is 2.56. The van der Waals surface area contributed by atoms with Gasteiger partial charge in [-0.1, -0.05) is 12.1 Å². The van der Waals surface area contributed by atoms with Crippen LogP contribution in [-0.4, -0.2) is 44.1 Å². The van der Waals surface area contributed by atoms with Gasteiger partial charge in [0.2, 0.25) is 0 Å². The van der Waals surface area contributed by atoms with Gasteiger partial charge in [0.05, 0.1) is 6.54 Å². The van der Waals surface area contributed by atoms with E-state index >= 15 is 0 Å². The molecule has 0 saturated carbocycles. The lowest BCUT2D eigenvalue weighted by molar-refractivity contribution is 0.213. The number of nitrogens with one attached hydrogen (secondary N) is 2. The smallest absolute Gasteiger partial charge is 0.191 e. The van der Waals surface area contributed by atoms with Gasteiger partial charge in [-0.25, -0.2) is 9.38 Å². The zero-order chi connectivity index (χ0) is 16.5. The maximum Gasteiger partial charge on any atom is 0.191 e. The second-order valence-electron chi connectivity index (χ2n) is 6.28. The number of guanidine groups is 1. The summed E-state index contributed by atoms with van der Waals surface area (Å²) in [5.74, 6) is 1.45. The SMILES string of the molecule is CCNC(=NCc1ccc(F)cc1)NCCC1CCN(C)CC1.